The minimum atomic E-state index is -0.659. The third-order valence-electron chi connectivity index (χ3n) is 6.88. The Bertz CT molecular complexity index is 514. The van der Waals surface area contributed by atoms with Crippen LogP contribution in [0.3, 0.4) is 0 Å². The predicted molar refractivity (Wildman–Crippen MR) is 105 cm³/mol. The van der Waals surface area contributed by atoms with Crippen molar-refractivity contribution in [1.82, 2.24) is 0 Å². The van der Waals surface area contributed by atoms with Gasteiger partial charge in [0.1, 0.15) is 5.60 Å². The molecule has 4 heteroatoms. The van der Waals surface area contributed by atoms with Crippen molar-refractivity contribution in [2.45, 2.75) is 100 Å². The van der Waals surface area contributed by atoms with E-state index in [2.05, 4.69) is 41.5 Å². The van der Waals surface area contributed by atoms with Crippen LogP contribution < -0.4 is 0 Å². The molecule has 0 saturated heterocycles. The topological polar surface area (TPSA) is 52.6 Å². The van der Waals surface area contributed by atoms with E-state index in [1.807, 2.05) is 20.8 Å². The van der Waals surface area contributed by atoms with E-state index in [4.69, 9.17) is 9.47 Å². The fourth-order valence-electron chi connectivity index (χ4n) is 3.53. The van der Waals surface area contributed by atoms with Crippen molar-refractivity contribution in [3.8, 4) is 0 Å². The van der Waals surface area contributed by atoms with Crippen LogP contribution in [0, 0.1) is 22.2 Å². The zero-order valence-corrected chi connectivity index (χ0v) is 18.5. The van der Waals surface area contributed by atoms with E-state index in [1.54, 1.807) is 0 Å². The first-order valence-electron chi connectivity index (χ1n) is 10.1. The lowest BCUT2D eigenvalue weighted by Crippen LogP contribution is -2.46. The minimum absolute atomic E-state index is 0.0225. The standard InChI is InChI=1S/C22H40O4/c1-10-19(3,4)15-22(9,20(5,6)11-2)18(24)25-14-17(23)26-21(7,8)16-12-13-16/h16H,10-15H2,1-9H3. The van der Waals surface area contributed by atoms with Crippen molar-refractivity contribution < 1.29 is 19.1 Å². The van der Waals surface area contributed by atoms with Gasteiger partial charge in [-0.1, -0.05) is 48.0 Å². The second-order valence-corrected chi connectivity index (χ2v) is 10.2. The summed E-state index contributed by atoms with van der Waals surface area (Å²) in [6, 6.07) is 0. The van der Waals surface area contributed by atoms with E-state index < -0.39 is 17.0 Å². The molecule has 4 nitrogen and oxygen atoms in total. The highest BCUT2D eigenvalue weighted by molar-refractivity contribution is 5.81. The Kier molecular flexibility index (Phi) is 6.98. The van der Waals surface area contributed by atoms with Crippen molar-refractivity contribution in [3.63, 3.8) is 0 Å². The van der Waals surface area contributed by atoms with Gasteiger partial charge in [0.2, 0.25) is 0 Å². The normalized spacial score (nSPS) is 18.2. The molecule has 26 heavy (non-hydrogen) atoms. The van der Waals surface area contributed by atoms with Gasteiger partial charge in [0, 0.05) is 0 Å². The molecule has 0 aromatic heterocycles. The Morgan fingerprint density at radius 3 is 1.88 bits per heavy atom. The number of rotatable bonds is 10. The van der Waals surface area contributed by atoms with E-state index in [1.165, 1.54) is 0 Å². The smallest absolute Gasteiger partial charge is 0.344 e. The van der Waals surface area contributed by atoms with E-state index in [0.717, 1.165) is 32.1 Å². The number of ether oxygens (including phenoxy) is 2. The summed E-state index contributed by atoms with van der Waals surface area (Å²) in [5.41, 5.74) is -1.34. The van der Waals surface area contributed by atoms with E-state index in [-0.39, 0.29) is 23.4 Å². The third kappa shape index (κ3) is 5.47. The second-order valence-electron chi connectivity index (χ2n) is 10.2. The molecule has 0 spiro atoms. The van der Waals surface area contributed by atoms with Crippen molar-refractivity contribution >= 4 is 11.9 Å². The summed E-state index contributed by atoms with van der Waals surface area (Å²) < 4.78 is 11.0. The number of hydrogen-bond acceptors (Lipinski definition) is 4. The maximum absolute atomic E-state index is 13.1. The van der Waals surface area contributed by atoms with Crippen molar-refractivity contribution in [1.29, 1.82) is 0 Å². The Morgan fingerprint density at radius 1 is 0.923 bits per heavy atom. The summed E-state index contributed by atoms with van der Waals surface area (Å²) in [6.07, 6.45) is 4.74. The van der Waals surface area contributed by atoms with Crippen LogP contribution in [0.25, 0.3) is 0 Å². The summed E-state index contributed by atoms with van der Waals surface area (Å²) in [6.45, 7) is 18.3. The molecule has 1 rings (SSSR count). The maximum Gasteiger partial charge on any atom is 0.344 e. The van der Waals surface area contributed by atoms with Gasteiger partial charge in [-0.15, -0.1) is 0 Å². The quantitative estimate of drug-likeness (QED) is 0.476. The Morgan fingerprint density at radius 2 is 1.46 bits per heavy atom. The number of esters is 2. The molecule has 0 aliphatic heterocycles. The lowest BCUT2D eigenvalue weighted by atomic mass is 9.58. The van der Waals surface area contributed by atoms with Crippen LogP contribution in [0.5, 0.6) is 0 Å². The van der Waals surface area contributed by atoms with Crippen molar-refractivity contribution in [2.24, 2.45) is 22.2 Å². The van der Waals surface area contributed by atoms with Gasteiger partial charge < -0.3 is 9.47 Å². The van der Waals surface area contributed by atoms with Gasteiger partial charge >= 0.3 is 11.9 Å². The molecule has 1 aliphatic carbocycles. The fraction of sp³-hybridized carbons (Fsp3) is 0.909. The molecule has 0 bridgehead atoms. The largest absolute Gasteiger partial charge is 0.457 e. The zero-order chi connectivity index (χ0) is 20.4. The number of hydrogen-bond donors (Lipinski definition) is 0. The van der Waals surface area contributed by atoms with Crippen LogP contribution in [-0.4, -0.2) is 24.1 Å². The van der Waals surface area contributed by atoms with Crippen LogP contribution in [0.4, 0.5) is 0 Å². The molecule has 152 valence electrons. The van der Waals surface area contributed by atoms with Gasteiger partial charge in [-0.2, -0.15) is 0 Å². The average molecular weight is 369 g/mol. The van der Waals surface area contributed by atoms with E-state index in [0.29, 0.717) is 5.92 Å². The molecule has 0 aromatic carbocycles. The molecule has 1 aliphatic rings. The minimum Gasteiger partial charge on any atom is -0.457 e. The van der Waals surface area contributed by atoms with Crippen LogP contribution in [0.1, 0.15) is 94.4 Å². The molecule has 0 radical (unpaired) electrons. The molecule has 1 unspecified atom stereocenters. The van der Waals surface area contributed by atoms with E-state index in [9.17, 15) is 9.59 Å². The molecule has 1 saturated carbocycles. The Hall–Kier alpha value is -1.06. The molecular formula is C22H40O4. The van der Waals surface area contributed by atoms with Crippen LogP contribution in [0.2, 0.25) is 0 Å². The summed E-state index contributed by atoms with van der Waals surface area (Å²) in [4.78, 5) is 25.2. The molecule has 0 amide bonds. The van der Waals surface area contributed by atoms with Gasteiger partial charge in [-0.05, 0) is 63.2 Å². The Labute approximate surface area is 160 Å². The summed E-state index contributed by atoms with van der Waals surface area (Å²) in [5.74, 6) is -0.328. The molecule has 0 heterocycles. The van der Waals surface area contributed by atoms with Crippen molar-refractivity contribution in [3.05, 3.63) is 0 Å². The summed E-state index contributed by atoms with van der Waals surface area (Å²) >= 11 is 0. The molecular weight excluding hydrogens is 328 g/mol. The summed E-state index contributed by atoms with van der Waals surface area (Å²) in [7, 11) is 0. The lowest BCUT2D eigenvalue weighted by molar-refractivity contribution is -0.178. The van der Waals surface area contributed by atoms with Crippen LogP contribution in [-0.2, 0) is 19.1 Å². The average Bonchev–Trinajstić information content (AvgIpc) is 3.36. The molecule has 0 N–H and O–H groups in total. The Balaban J connectivity index is 2.81. The lowest BCUT2D eigenvalue weighted by Gasteiger charge is -2.45. The monoisotopic (exact) mass is 368 g/mol. The van der Waals surface area contributed by atoms with E-state index >= 15 is 0 Å². The van der Waals surface area contributed by atoms with Crippen LogP contribution >= 0.6 is 0 Å². The predicted octanol–water partition coefficient (Wildman–Crippen LogP) is 5.53. The van der Waals surface area contributed by atoms with Gasteiger partial charge in [0.05, 0.1) is 5.41 Å². The zero-order valence-electron chi connectivity index (χ0n) is 18.5. The highest BCUT2D eigenvalue weighted by Crippen LogP contribution is 2.50. The first-order valence-corrected chi connectivity index (χ1v) is 10.1. The summed E-state index contributed by atoms with van der Waals surface area (Å²) in [5, 5.41) is 0. The van der Waals surface area contributed by atoms with Gasteiger partial charge in [0.25, 0.3) is 0 Å². The third-order valence-corrected chi connectivity index (χ3v) is 6.88. The fourth-order valence-corrected chi connectivity index (χ4v) is 3.53. The SMILES string of the molecule is CCC(C)(C)CC(C)(C(=O)OCC(=O)OC(C)(C)C1CC1)C(C)(C)CC. The number of carbonyl (C=O) groups excluding carboxylic acids is 2. The molecule has 1 fully saturated rings. The highest BCUT2D eigenvalue weighted by atomic mass is 16.6. The highest BCUT2D eigenvalue weighted by Gasteiger charge is 2.50. The molecule has 0 aromatic rings. The van der Waals surface area contributed by atoms with Gasteiger partial charge in [0.15, 0.2) is 6.61 Å². The van der Waals surface area contributed by atoms with Gasteiger partial charge in [-0.3, -0.25) is 4.79 Å². The molecule has 1 atom stereocenters. The van der Waals surface area contributed by atoms with Crippen molar-refractivity contribution in [2.75, 3.05) is 6.61 Å². The van der Waals surface area contributed by atoms with Gasteiger partial charge in [-0.25, -0.2) is 4.79 Å². The van der Waals surface area contributed by atoms with Crippen LogP contribution in [0.15, 0.2) is 0 Å². The maximum atomic E-state index is 13.1. The first kappa shape index (κ1) is 23.0. The number of carbonyl (C=O) groups is 2. The second kappa shape index (κ2) is 7.90. The first-order chi connectivity index (χ1) is 11.7.